The van der Waals surface area contributed by atoms with Crippen LogP contribution in [0.15, 0.2) is 24.3 Å². The highest BCUT2D eigenvalue weighted by Gasteiger charge is 2.22. The van der Waals surface area contributed by atoms with Gasteiger partial charge in [0, 0.05) is 50.6 Å². The minimum Gasteiger partial charge on any atom is -0.377 e. The number of piperazine rings is 1. The van der Waals surface area contributed by atoms with Gasteiger partial charge in [-0.1, -0.05) is 0 Å². The average Bonchev–Trinajstić information content (AvgIpc) is 3.01. The van der Waals surface area contributed by atoms with E-state index in [4.69, 9.17) is 10.5 Å². The zero-order valence-corrected chi connectivity index (χ0v) is 12.3. The second-order valence-corrected chi connectivity index (χ2v) is 5.83. The summed E-state index contributed by atoms with van der Waals surface area (Å²) in [4.78, 5) is 15.9. The third kappa shape index (κ3) is 3.54. The Labute approximate surface area is 125 Å². The number of primary amides is 1. The number of ether oxygens (including phenoxy) is 1. The number of hydrogen-bond acceptors (Lipinski definition) is 4. The molecule has 2 heterocycles. The third-order valence-electron chi connectivity index (χ3n) is 4.38. The van der Waals surface area contributed by atoms with Gasteiger partial charge in [-0.3, -0.25) is 9.69 Å². The Bertz CT molecular complexity index is 475. The molecule has 21 heavy (non-hydrogen) atoms. The van der Waals surface area contributed by atoms with E-state index < -0.39 is 0 Å². The third-order valence-corrected chi connectivity index (χ3v) is 4.38. The lowest BCUT2D eigenvalue weighted by atomic mass is 10.1. The molecule has 1 amide bonds. The summed E-state index contributed by atoms with van der Waals surface area (Å²) in [7, 11) is 0. The summed E-state index contributed by atoms with van der Waals surface area (Å²) in [5.41, 5.74) is 7.00. The van der Waals surface area contributed by atoms with E-state index in [2.05, 4.69) is 9.80 Å². The van der Waals surface area contributed by atoms with Gasteiger partial charge in [-0.15, -0.1) is 0 Å². The number of anilines is 1. The van der Waals surface area contributed by atoms with Crippen molar-refractivity contribution < 1.29 is 9.53 Å². The molecule has 0 aromatic heterocycles. The van der Waals surface area contributed by atoms with E-state index in [1.807, 2.05) is 12.1 Å². The molecule has 1 unspecified atom stereocenters. The second kappa shape index (κ2) is 6.45. The summed E-state index contributed by atoms with van der Waals surface area (Å²) in [6.45, 7) is 6.16. The van der Waals surface area contributed by atoms with Gasteiger partial charge in [0.1, 0.15) is 0 Å². The zero-order chi connectivity index (χ0) is 14.7. The molecule has 0 bridgehead atoms. The maximum atomic E-state index is 11.1. The van der Waals surface area contributed by atoms with Crippen molar-refractivity contribution in [1.29, 1.82) is 0 Å². The van der Waals surface area contributed by atoms with Crippen molar-refractivity contribution in [2.75, 3.05) is 44.2 Å². The van der Waals surface area contributed by atoms with Crippen molar-refractivity contribution in [2.45, 2.75) is 18.9 Å². The van der Waals surface area contributed by atoms with Crippen molar-refractivity contribution >= 4 is 11.6 Å². The number of carbonyl (C=O) groups excluding carboxylic acids is 1. The first-order valence-corrected chi connectivity index (χ1v) is 7.71. The second-order valence-electron chi connectivity index (χ2n) is 5.83. The fraction of sp³-hybridized carbons (Fsp3) is 0.562. The topological polar surface area (TPSA) is 58.8 Å². The standard InChI is InChI=1S/C16H23N3O2/c17-16(20)13-3-5-14(6-4-13)19-9-7-18(8-10-19)12-15-2-1-11-21-15/h3-6,15H,1-2,7-12H2,(H2,17,20). The molecule has 1 atom stereocenters. The zero-order valence-electron chi connectivity index (χ0n) is 12.3. The first-order valence-electron chi connectivity index (χ1n) is 7.71. The Kier molecular flexibility index (Phi) is 4.41. The number of carbonyl (C=O) groups is 1. The molecule has 1 aromatic rings. The Hall–Kier alpha value is -1.59. The molecule has 0 saturated carbocycles. The highest BCUT2D eigenvalue weighted by atomic mass is 16.5. The number of benzene rings is 1. The normalized spacial score (nSPS) is 23.4. The summed E-state index contributed by atoms with van der Waals surface area (Å²) in [5, 5.41) is 0. The first kappa shape index (κ1) is 14.4. The largest absolute Gasteiger partial charge is 0.377 e. The molecule has 0 radical (unpaired) electrons. The molecule has 1 aromatic carbocycles. The molecule has 2 N–H and O–H groups in total. The minimum atomic E-state index is -0.372. The van der Waals surface area contributed by atoms with Crippen LogP contribution in [0.3, 0.4) is 0 Å². The van der Waals surface area contributed by atoms with Gasteiger partial charge in [0.05, 0.1) is 6.10 Å². The lowest BCUT2D eigenvalue weighted by molar-refractivity contribution is 0.0713. The monoisotopic (exact) mass is 289 g/mol. The van der Waals surface area contributed by atoms with Crippen molar-refractivity contribution in [2.24, 2.45) is 5.73 Å². The molecule has 2 saturated heterocycles. The molecule has 2 aliphatic rings. The van der Waals surface area contributed by atoms with Crippen LogP contribution in [-0.4, -0.2) is 56.2 Å². The molecule has 0 aliphatic carbocycles. The highest BCUT2D eigenvalue weighted by Crippen LogP contribution is 2.19. The number of hydrogen-bond donors (Lipinski definition) is 1. The van der Waals surface area contributed by atoms with E-state index in [1.54, 1.807) is 12.1 Å². The maximum Gasteiger partial charge on any atom is 0.248 e. The van der Waals surface area contributed by atoms with Crippen LogP contribution < -0.4 is 10.6 Å². The van der Waals surface area contributed by atoms with Crippen LogP contribution in [0, 0.1) is 0 Å². The smallest absolute Gasteiger partial charge is 0.248 e. The molecule has 2 fully saturated rings. The molecule has 114 valence electrons. The molecule has 2 aliphatic heterocycles. The fourth-order valence-electron chi connectivity index (χ4n) is 3.10. The molecular weight excluding hydrogens is 266 g/mol. The SMILES string of the molecule is NC(=O)c1ccc(N2CCN(CC3CCCO3)CC2)cc1. The van der Waals surface area contributed by atoms with E-state index in [0.717, 1.165) is 45.0 Å². The quantitative estimate of drug-likeness (QED) is 0.901. The Morgan fingerprint density at radius 1 is 1.19 bits per heavy atom. The summed E-state index contributed by atoms with van der Waals surface area (Å²) in [5.74, 6) is -0.372. The van der Waals surface area contributed by atoms with Crippen LogP contribution in [-0.2, 0) is 4.74 Å². The van der Waals surface area contributed by atoms with Gasteiger partial charge >= 0.3 is 0 Å². The Morgan fingerprint density at radius 3 is 2.48 bits per heavy atom. The Balaban J connectivity index is 1.51. The summed E-state index contributed by atoms with van der Waals surface area (Å²) < 4.78 is 5.70. The van der Waals surface area contributed by atoms with Crippen molar-refractivity contribution in [1.82, 2.24) is 4.90 Å². The number of rotatable bonds is 4. The van der Waals surface area contributed by atoms with Crippen LogP contribution in [0.1, 0.15) is 23.2 Å². The summed E-state index contributed by atoms with van der Waals surface area (Å²) >= 11 is 0. The lowest BCUT2D eigenvalue weighted by Gasteiger charge is -2.37. The van der Waals surface area contributed by atoms with Crippen LogP contribution in [0.2, 0.25) is 0 Å². The predicted octanol–water partition coefficient (Wildman–Crippen LogP) is 1.09. The van der Waals surface area contributed by atoms with Crippen molar-refractivity contribution in [3.8, 4) is 0 Å². The summed E-state index contributed by atoms with van der Waals surface area (Å²) in [6, 6.07) is 7.57. The van der Waals surface area contributed by atoms with Crippen molar-refractivity contribution in [3.63, 3.8) is 0 Å². The van der Waals surface area contributed by atoms with Gasteiger partial charge in [0.15, 0.2) is 0 Å². The number of amides is 1. The van der Waals surface area contributed by atoms with Crippen LogP contribution in [0.4, 0.5) is 5.69 Å². The van der Waals surface area contributed by atoms with E-state index in [1.165, 1.54) is 12.8 Å². The van der Waals surface area contributed by atoms with E-state index in [0.29, 0.717) is 11.7 Å². The van der Waals surface area contributed by atoms with Gasteiger partial charge in [0.25, 0.3) is 0 Å². The molecule has 5 heteroatoms. The number of nitrogens with two attached hydrogens (primary N) is 1. The molecule has 3 rings (SSSR count). The fourth-order valence-corrected chi connectivity index (χ4v) is 3.10. The maximum absolute atomic E-state index is 11.1. The van der Waals surface area contributed by atoms with Gasteiger partial charge in [-0.2, -0.15) is 0 Å². The summed E-state index contributed by atoms with van der Waals surface area (Å²) in [6.07, 6.45) is 2.84. The van der Waals surface area contributed by atoms with Gasteiger partial charge in [0.2, 0.25) is 5.91 Å². The molecular formula is C16H23N3O2. The minimum absolute atomic E-state index is 0.372. The van der Waals surface area contributed by atoms with Gasteiger partial charge in [-0.05, 0) is 37.1 Å². The van der Waals surface area contributed by atoms with Crippen molar-refractivity contribution in [3.05, 3.63) is 29.8 Å². The van der Waals surface area contributed by atoms with E-state index in [9.17, 15) is 4.79 Å². The van der Waals surface area contributed by atoms with E-state index >= 15 is 0 Å². The van der Waals surface area contributed by atoms with Crippen LogP contribution >= 0.6 is 0 Å². The molecule has 0 spiro atoms. The highest BCUT2D eigenvalue weighted by molar-refractivity contribution is 5.93. The predicted molar refractivity (Wildman–Crippen MR) is 82.6 cm³/mol. The Morgan fingerprint density at radius 2 is 1.90 bits per heavy atom. The van der Waals surface area contributed by atoms with Gasteiger partial charge < -0.3 is 15.4 Å². The van der Waals surface area contributed by atoms with Gasteiger partial charge in [-0.25, -0.2) is 0 Å². The first-order chi connectivity index (χ1) is 10.2. The van der Waals surface area contributed by atoms with Crippen LogP contribution in [0.5, 0.6) is 0 Å². The average molecular weight is 289 g/mol. The van der Waals surface area contributed by atoms with Crippen LogP contribution in [0.25, 0.3) is 0 Å². The van der Waals surface area contributed by atoms with E-state index in [-0.39, 0.29) is 5.91 Å². The molecule has 5 nitrogen and oxygen atoms in total. The lowest BCUT2D eigenvalue weighted by Crippen LogP contribution is -2.48. The number of nitrogens with zero attached hydrogens (tertiary/aromatic N) is 2.